The van der Waals surface area contributed by atoms with Gasteiger partial charge < -0.3 is 0 Å². The summed E-state index contributed by atoms with van der Waals surface area (Å²) in [5.74, 6) is 0. The van der Waals surface area contributed by atoms with E-state index in [2.05, 4.69) is 84.9 Å². The summed E-state index contributed by atoms with van der Waals surface area (Å²) in [6.45, 7) is 0. The van der Waals surface area contributed by atoms with E-state index in [4.69, 9.17) is 0 Å². The molecular weight excluding hydrogens is 268 g/mol. The summed E-state index contributed by atoms with van der Waals surface area (Å²) in [4.78, 5) is 0. The number of fused-ring (bicyclic) bond motifs is 1. The van der Waals surface area contributed by atoms with E-state index in [1.807, 2.05) is 0 Å². The molecule has 21 heavy (non-hydrogen) atoms. The third-order valence-corrected chi connectivity index (χ3v) is 9.82. The molecule has 0 saturated carbocycles. The van der Waals surface area contributed by atoms with Crippen LogP contribution in [0.3, 0.4) is 0 Å². The topological polar surface area (TPSA) is 0 Å². The van der Waals surface area contributed by atoms with Crippen molar-refractivity contribution in [2.75, 3.05) is 0 Å². The SMILES string of the molecule is c1ccc([Si]2(c3ccccc3)CCc3ccccc32)cc1. The maximum Gasteiger partial charge on any atom is 0.149 e. The first-order valence-electron chi connectivity index (χ1n) is 7.61. The third-order valence-electron chi connectivity index (χ3n) is 4.78. The van der Waals surface area contributed by atoms with Gasteiger partial charge in [-0.25, -0.2) is 0 Å². The van der Waals surface area contributed by atoms with Gasteiger partial charge in [0.15, 0.2) is 0 Å². The molecule has 0 spiro atoms. The molecule has 1 heterocycles. The van der Waals surface area contributed by atoms with Crippen LogP contribution in [0.4, 0.5) is 0 Å². The molecule has 3 aromatic carbocycles. The Bertz CT molecular complexity index is 708. The predicted octanol–water partition coefficient (Wildman–Crippen LogP) is 2.71. The lowest BCUT2D eigenvalue weighted by Crippen LogP contribution is -2.65. The highest BCUT2D eigenvalue weighted by molar-refractivity contribution is 7.12. The molecule has 0 aliphatic carbocycles. The lowest BCUT2D eigenvalue weighted by Gasteiger charge is -2.29. The minimum Gasteiger partial charge on any atom is -0.0624 e. The first-order valence-corrected chi connectivity index (χ1v) is 9.81. The molecule has 4 rings (SSSR count). The van der Waals surface area contributed by atoms with Crippen LogP contribution in [0.25, 0.3) is 0 Å². The predicted molar refractivity (Wildman–Crippen MR) is 92.5 cm³/mol. The normalized spacial score (nSPS) is 15.6. The molecule has 0 bridgehead atoms. The average molecular weight is 286 g/mol. The van der Waals surface area contributed by atoms with Crippen LogP contribution in [0.2, 0.25) is 6.04 Å². The smallest absolute Gasteiger partial charge is 0.0624 e. The summed E-state index contributed by atoms with van der Waals surface area (Å²) in [5.41, 5.74) is 1.55. The molecule has 0 unspecified atom stereocenters. The van der Waals surface area contributed by atoms with Crippen LogP contribution in [0.15, 0.2) is 84.9 Å². The molecule has 0 radical (unpaired) electrons. The Morgan fingerprint density at radius 1 is 0.571 bits per heavy atom. The summed E-state index contributed by atoms with van der Waals surface area (Å²) in [6, 6.07) is 32.7. The van der Waals surface area contributed by atoms with E-state index in [1.165, 1.54) is 12.5 Å². The number of aryl methyl sites for hydroxylation is 1. The molecule has 0 N–H and O–H groups in total. The average Bonchev–Trinajstić information content (AvgIpc) is 2.97. The minimum atomic E-state index is -1.81. The molecular formula is C20H18Si. The van der Waals surface area contributed by atoms with Gasteiger partial charge >= 0.3 is 0 Å². The first-order chi connectivity index (χ1) is 10.4. The van der Waals surface area contributed by atoms with E-state index < -0.39 is 8.07 Å². The second-order valence-electron chi connectivity index (χ2n) is 5.79. The summed E-state index contributed by atoms with van der Waals surface area (Å²) in [7, 11) is -1.81. The van der Waals surface area contributed by atoms with E-state index in [0.29, 0.717) is 0 Å². The van der Waals surface area contributed by atoms with Gasteiger partial charge in [-0.15, -0.1) is 0 Å². The number of hydrogen-bond acceptors (Lipinski definition) is 0. The zero-order chi connectivity index (χ0) is 14.1. The van der Waals surface area contributed by atoms with Gasteiger partial charge in [-0.3, -0.25) is 0 Å². The maximum absolute atomic E-state index is 2.37. The van der Waals surface area contributed by atoms with Crippen molar-refractivity contribution in [3.05, 3.63) is 90.5 Å². The van der Waals surface area contributed by atoms with Crippen molar-refractivity contribution >= 4 is 23.6 Å². The third kappa shape index (κ3) is 1.89. The van der Waals surface area contributed by atoms with Crippen LogP contribution in [0.5, 0.6) is 0 Å². The lowest BCUT2D eigenvalue weighted by molar-refractivity contribution is 1.16. The summed E-state index contributed by atoms with van der Waals surface area (Å²) in [5, 5.41) is 4.70. The van der Waals surface area contributed by atoms with Crippen molar-refractivity contribution in [2.45, 2.75) is 12.5 Å². The van der Waals surface area contributed by atoms with Crippen LogP contribution in [-0.4, -0.2) is 8.07 Å². The first kappa shape index (κ1) is 12.6. The van der Waals surface area contributed by atoms with Gasteiger partial charge in [0.25, 0.3) is 0 Å². The molecule has 102 valence electrons. The van der Waals surface area contributed by atoms with Crippen LogP contribution < -0.4 is 15.6 Å². The van der Waals surface area contributed by atoms with E-state index >= 15 is 0 Å². The van der Waals surface area contributed by atoms with Crippen molar-refractivity contribution in [1.82, 2.24) is 0 Å². The van der Waals surface area contributed by atoms with Crippen molar-refractivity contribution in [1.29, 1.82) is 0 Å². The molecule has 0 atom stereocenters. The summed E-state index contributed by atoms with van der Waals surface area (Å²) < 4.78 is 0. The molecule has 1 aliphatic heterocycles. The number of hydrogen-bond donors (Lipinski definition) is 0. The Morgan fingerprint density at radius 2 is 1.10 bits per heavy atom. The van der Waals surface area contributed by atoms with Crippen molar-refractivity contribution in [2.24, 2.45) is 0 Å². The second-order valence-corrected chi connectivity index (χ2v) is 9.80. The van der Waals surface area contributed by atoms with Gasteiger partial charge in [-0.1, -0.05) is 84.9 Å². The van der Waals surface area contributed by atoms with Crippen LogP contribution in [0.1, 0.15) is 5.56 Å². The molecule has 0 amide bonds. The highest BCUT2D eigenvalue weighted by Gasteiger charge is 2.43. The van der Waals surface area contributed by atoms with Gasteiger partial charge in [-0.05, 0) is 33.6 Å². The molecule has 0 fully saturated rings. The molecule has 1 aliphatic rings. The highest BCUT2D eigenvalue weighted by atomic mass is 28.3. The Balaban J connectivity index is 2.02. The lowest BCUT2D eigenvalue weighted by atomic mass is 10.2. The van der Waals surface area contributed by atoms with Crippen molar-refractivity contribution < 1.29 is 0 Å². The van der Waals surface area contributed by atoms with Gasteiger partial charge in [0.2, 0.25) is 0 Å². The monoisotopic (exact) mass is 286 g/mol. The Labute approximate surface area is 127 Å². The Morgan fingerprint density at radius 3 is 1.71 bits per heavy atom. The fourth-order valence-corrected chi connectivity index (χ4v) is 8.93. The van der Waals surface area contributed by atoms with Gasteiger partial charge in [0, 0.05) is 0 Å². The standard InChI is InChI=1S/C20H18Si/c1-3-10-18(11-4-1)21(19-12-5-2-6-13-19)16-15-17-9-7-8-14-20(17)21/h1-14H,15-16H2. The Kier molecular flexibility index (Phi) is 3.01. The fraction of sp³-hybridized carbons (Fsp3) is 0.100. The Hall–Kier alpha value is -2.12. The van der Waals surface area contributed by atoms with Gasteiger partial charge in [0.1, 0.15) is 8.07 Å². The van der Waals surface area contributed by atoms with E-state index in [0.717, 1.165) is 0 Å². The molecule has 1 heteroatoms. The zero-order valence-corrected chi connectivity index (χ0v) is 13.0. The zero-order valence-electron chi connectivity index (χ0n) is 12.0. The molecule has 3 aromatic rings. The van der Waals surface area contributed by atoms with Crippen LogP contribution in [0, 0.1) is 0 Å². The van der Waals surface area contributed by atoms with E-state index in [1.54, 1.807) is 21.1 Å². The quantitative estimate of drug-likeness (QED) is 0.636. The number of rotatable bonds is 2. The number of benzene rings is 3. The second kappa shape index (κ2) is 5.01. The fourth-order valence-electron chi connectivity index (χ4n) is 3.82. The highest BCUT2D eigenvalue weighted by Crippen LogP contribution is 2.23. The molecule has 0 aromatic heterocycles. The maximum atomic E-state index is 2.37. The van der Waals surface area contributed by atoms with Crippen molar-refractivity contribution in [3.63, 3.8) is 0 Å². The molecule has 0 saturated heterocycles. The van der Waals surface area contributed by atoms with Crippen molar-refractivity contribution in [3.8, 4) is 0 Å². The van der Waals surface area contributed by atoms with Crippen LogP contribution >= 0.6 is 0 Å². The summed E-state index contributed by atoms with van der Waals surface area (Å²) >= 11 is 0. The summed E-state index contributed by atoms with van der Waals surface area (Å²) in [6.07, 6.45) is 1.21. The molecule has 0 nitrogen and oxygen atoms in total. The van der Waals surface area contributed by atoms with E-state index in [-0.39, 0.29) is 0 Å². The van der Waals surface area contributed by atoms with Gasteiger partial charge in [0.05, 0.1) is 0 Å². The van der Waals surface area contributed by atoms with E-state index in [9.17, 15) is 0 Å². The van der Waals surface area contributed by atoms with Crippen LogP contribution in [-0.2, 0) is 6.42 Å². The largest absolute Gasteiger partial charge is 0.149 e. The minimum absolute atomic E-state index is 1.21. The van der Waals surface area contributed by atoms with Gasteiger partial charge in [-0.2, -0.15) is 0 Å².